The lowest BCUT2D eigenvalue weighted by molar-refractivity contribution is -0.140. The lowest BCUT2D eigenvalue weighted by Gasteiger charge is -2.35. The molecule has 3 aliphatic rings. The summed E-state index contributed by atoms with van der Waals surface area (Å²) in [6, 6.07) is 0.0390. The van der Waals surface area contributed by atoms with Crippen LogP contribution < -0.4 is 0 Å². The zero-order valence-electron chi connectivity index (χ0n) is 15.0. The summed E-state index contributed by atoms with van der Waals surface area (Å²) in [5.41, 5.74) is 3.95. The van der Waals surface area contributed by atoms with Gasteiger partial charge in [0, 0.05) is 24.5 Å². The van der Waals surface area contributed by atoms with Gasteiger partial charge < -0.3 is 14.3 Å². The van der Waals surface area contributed by atoms with Crippen LogP contribution in [0.4, 0.5) is 0 Å². The molecule has 5 rings (SSSR count). The molecule has 0 spiro atoms. The molecule has 2 bridgehead atoms. The Bertz CT molecular complexity index is 817. The Balaban J connectivity index is 1.58. The van der Waals surface area contributed by atoms with Crippen molar-refractivity contribution in [1.82, 2.24) is 19.9 Å². The number of aromatic nitrogens is 2. The van der Waals surface area contributed by atoms with E-state index in [4.69, 9.17) is 4.52 Å². The van der Waals surface area contributed by atoms with Gasteiger partial charge in [0.15, 0.2) is 0 Å². The van der Waals surface area contributed by atoms with Crippen LogP contribution in [-0.2, 0) is 17.8 Å². The van der Waals surface area contributed by atoms with Gasteiger partial charge in [-0.2, -0.15) is 0 Å². The normalized spacial score (nSPS) is 22.8. The third kappa shape index (κ3) is 2.92. The molecule has 3 fully saturated rings. The van der Waals surface area contributed by atoms with Gasteiger partial charge in [-0.1, -0.05) is 12.1 Å². The van der Waals surface area contributed by atoms with Crippen molar-refractivity contribution in [3.8, 4) is 0 Å². The van der Waals surface area contributed by atoms with E-state index in [1.807, 2.05) is 22.1 Å². The number of amides is 2. The molecule has 0 N–H and O–H groups in total. The van der Waals surface area contributed by atoms with E-state index < -0.39 is 0 Å². The maximum atomic E-state index is 13.1. The van der Waals surface area contributed by atoms with Crippen molar-refractivity contribution in [2.24, 2.45) is 5.92 Å². The molecule has 5 heterocycles. The van der Waals surface area contributed by atoms with Crippen LogP contribution in [0.2, 0.25) is 0 Å². The summed E-state index contributed by atoms with van der Waals surface area (Å²) in [5, 5.41) is 5.98. The molecule has 0 saturated carbocycles. The number of hydrogen-bond donors (Lipinski definition) is 0. The number of hydrogen-bond acceptors (Lipinski definition) is 6. The number of aryl methyl sites for hydroxylation is 2. The second-order valence-corrected chi connectivity index (χ2v) is 7.72. The molecule has 3 saturated heterocycles. The van der Waals surface area contributed by atoms with E-state index in [2.05, 4.69) is 10.1 Å². The molecule has 2 aromatic heterocycles. The molecular weight excluding hydrogens is 352 g/mol. The minimum atomic E-state index is -0.137. The Hall–Kier alpha value is -2.22. The quantitative estimate of drug-likeness (QED) is 0.820. The molecule has 138 valence electrons. The lowest BCUT2D eigenvalue weighted by atomic mass is 9.94. The molecule has 8 heteroatoms. The average molecular weight is 374 g/mol. The molecule has 0 unspecified atom stereocenters. The van der Waals surface area contributed by atoms with Crippen LogP contribution in [0.1, 0.15) is 47.3 Å². The van der Waals surface area contributed by atoms with Gasteiger partial charge in [0.05, 0.1) is 29.4 Å². The maximum Gasteiger partial charge on any atom is 0.259 e. The van der Waals surface area contributed by atoms with Crippen LogP contribution in [0.15, 0.2) is 15.4 Å². The van der Waals surface area contributed by atoms with Crippen LogP contribution >= 0.6 is 11.3 Å². The number of thiazole rings is 1. The standard InChI is InChI=1S/C18H22N4O3S/c1-3-15-16(11(2)25-20-15)18(24)21-6-12-4-5-14(8-21)22(17(12)23)7-13-9-26-10-19-13/h9-10,12,14H,3-8H2,1-2H3/t12-,14+/m0/s1. The number of carbonyl (C=O) groups is 2. The summed E-state index contributed by atoms with van der Waals surface area (Å²) in [6.07, 6.45) is 2.41. The van der Waals surface area contributed by atoms with Crippen molar-refractivity contribution in [1.29, 1.82) is 0 Å². The third-order valence-electron chi connectivity index (χ3n) is 5.38. The summed E-state index contributed by atoms with van der Waals surface area (Å²) >= 11 is 1.53. The minimum Gasteiger partial charge on any atom is -0.361 e. The number of piperidine rings is 1. The van der Waals surface area contributed by atoms with Crippen LogP contribution in [-0.4, -0.2) is 50.9 Å². The molecule has 2 aromatic rings. The minimum absolute atomic E-state index is 0.0390. The largest absolute Gasteiger partial charge is 0.361 e. The van der Waals surface area contributed by atoms with Gasteiger partial charge in [0.1, 0.15) is 11.3 Å². The molecule has 0 aliphatic carbocycles. The number of fused-ring (bicyclic) bond motifs is 4. The van der Waals surface area contributed by atoms with Crippen molar-refractivity contribution in [2.45, 2.75) is 45.7 Å². The second-order valence-electron chi connectivity index (χ2n) is 7.00. The highest BCUT2D eigenvalue weighted by atomic mass is 32.1. The van der Waals surface area contributed by atoms with E-state index in [0.717, 1.165) is 18.5 Å². The highest BCUT2D eigenvalue weighted by Crippen LogP contribution is 2.31. The summed E-state index contributed by atoms with van der Waals surface area (Å²) in [7, 11) is 0. The molecule has 26 heavy (non-hydrogen) atoms. The number of carbonyl (C=O) groups excluding carboxylic acids is 2. The Labute approximate surface area is 156 Å². The predicted octanol–water partition coefficient (Wildman–Crippen LogP) is 2.27. The van der Waals surface area contributed by atoms with Gasteiger partial charge >= 0.3 is 0 Å². The predicted molar refractivity (Wildman–Crippen MR) is 95.7 cm³/mol. The van der Waals surface area contributed by atoms with E-state index in [0.29, 0.717) is 43.1 Å². The molecule has 2 atom stereocenters. The Morgan fingerprint density at radius 3 is 2.96 bits per heavy atom. The number of rotatable bonds is 4. The van der Waals surface area contributed by atoms with Gasteiger partial charge in [-0.25, -0.2) is 4.98 Å². The molecule has 3 aliphatic heterocycles. The monoisotopic (exact) mass is 374 g/mol. The van der Waals surface area contributed by atoms with Gasteiger partial charge in [-0.15, -0.1) is 11.3 Å². The second kappa shape index (κ2) is 6.83. The molecule has 0 radical (unpaired) electrons. The summed E-state index contributed by atoms with van der Waals surface area (Å²) in [6.45, 7) is 5.28. The number of nitrogens with zero attached hydrogens (tertiary/aromatic N) is 4. The van der Waals surface area contributed by atoms with Crippen molar-refractivity contribution >= 4 is 23.2 Å². The highest BCUT2D eigenvalue weighted by Gasteiger charge is 2.42. The first-order valence-electron chi connectivity index (χ1n) is 9.00. The summed E-state index contributed by atoms with van der Waals surface area (Å²) in [4.78, 5) is 34.1. The fourth-order valence-electron chi connectivity index (χ4n) is 4.00. The van der Waals surface area contributed by atoms with Crippen LogP contribution in [0.3, 0.4) is 0 Å². The maximum absolute atomic E-state index is 13.1. The van der Waals surface area contributed by atoms with Crippen molar-refractivity contribution < 1.29 is 14.1 Å². The van der Waals surface area contributed by atoms with Crippen molar-refractivity contribution in [3.63, 3.8) is 0 Å². The molecule has 7 nitrogen and oxygen atoms in total. The van der Waals surface area contributed by atoms with Crippen molar-refractivity contribution in [2.75, 3.05) is 13.1 Å². The fourth-order valence-corrected chi connectivity index (χ4v) is 4.55. The smallest absolute Gasteiger partial charge is 0.259 e. The Morgan fingerprint density at radius 1 is 1.38 bits per heavy atom. The van der Waals surface area contributed by atoms with Crippen LogP contribution in [0, 0.1) is 12.8 Å². The van der Waals surface area contributed by atoms with Crippen molar-refractivity contribution in [3.05, 3.63) is 33.6 Å². The highest BCUT2D eigenvalue weighted by molar-refractivity contribution is 7.07. The van der Waals surface area contributed by atoms with Crippen LogP contribution in [0.5, 0.6) is 0 Å². The zero-order valence-corrected chi connectivity index (χ0v) is 15.8. The van der Waals surface area contributed by atoms with Gasteiger partial charge in [-0.3, -0.25) is 9.59 Å². The topological polar surface area (TPSA) is 79.5 Å². The zero-order chi connectivity index (χ0) is 18.3. The first-order valence-corrected chi connectivity index (χ1v) is 9.94. The van der Waals surface area contributed by atoms with Gasteiger partial charge in [-0.05, 0) is 26.2 Å². The first-order chi connectivity index (χ1) is 12.6. The van der Waals surface area contributed by atoms with E-state index in [9.17, 15) is 9.59 Å². The SMILES string of the molecule is CCc1noc(C)c1C(=O)N1C[C@@H]2CC[C@H](C1)N(Cc1cscn1)C2=O. The lowest BCUT2D eigenvalue weighted by Crippen LogP contribution is -2.47. The summed E-state index contributed by atoms with van der Waals surface area (Å²) < 4.78 is 5.23. The molecule has 0 aromatic carbocycles. The molecular formula is C18H22N4O3S. The summed E-state index contributed by atoms with van der Waals surface area (Å²) in [5.74, 6) is 0.485. The van der Waals surface area contributed by atoms with Gasteiger partial charge in [0.25, 0.3) is 5.91 Å². The van der Waals surface area contributed by atoms with Crippen LogP contribution in [0.25, 0.3) is 0 Å². The third-order valence-corrected chi connectivity index (χ3v) is 6.01. The molecule has 2 amide bonds. The Kier molecular flexibility index (Phi) is 4.52. The van der Waals surface area contributed by atoms with E-state index >= 15 is 0 Å². The van der Waals surface area contributed by atoms with E-state index in [1.54, 1.807) is 12.4 Å². The Morgan fingerprint density at radius 2 is 2.23 bits per heavy atom. The van der Waals surface area contributed by atoms with Gasteiger partial charge in [0.2, 0.25) is 5.91 Å². The van der Waals surface area contributed by atoms with E-state index in [1.165, 1.54) is 11.3 Å². The first kappa shape index (κ1) is 17.2. The van der Waals surface area contributed by atoms with E-state index in [-0.39, 0.29) is 23.8 Å². The average Bonchev–Trinajstić information content (AvgIpc) is 3.19. The fraction of sp³-hybridized carbons (Fsp3) is 0.556.